The van der Waals surface area contributed by atoms with Crippen molar-refractivity contribution in [3.05, 3.63) is 41.2 Å². The number of alkyl halides is 3. The Labute approximate surface area is 143 Å². The predicted octanol–water partition coefficient (Wildman–Crippen LogP) is 2.93. The normalized spacial score (nSPS) is 17.3. The minimum Gasteiger partial charge on any atom is -0.370 e. The standard InChI is InChI=1S/C17H18F3N5/c18-17(19,20)13-4-5-15(22-8-13)21-7-11-9-25(10-11)16-6-12-2-1-3-14(12)23-24-16/h4-6,8,11H,1-3,7,9-10H2,(H,21,22). The van der Waals surface area contributed by atoms with E-state index < -0.39 is 11.7 Å². The van der Waals surface area contributed by atoms with Gasteiger partial charge in [0.05, 0.1) is 11.3 Å². The molecule has 0 aromatic carbocycles. The van der Waals surface area contributed by atoms with Crippen LogP contribution in [0.3, 0.4) is 0 Å². The predicted molar refractivity (Wildman–Crippen MR) is 87.5 cm³/mol. The molecule has 0 unspecified atom stereocenters. The second-order valence-electron chi connectivity index (χ2n) is 6.61. The van der Waals surface area contributed by atoms with E-state index in [2.05, 4.69) is 31.5 Å². The number of rotatable bonds is 4. The maximum atomic E-state index is 12.5. The molecule has 5 nitrogen and oxygen atoms in total. The zero-order valence-electron chi connectivity index (χ0n) is 13.6. The second kappa shape index (κ2) is 6.16. The van der Waals surface area contributed by atoms with Crippen molar-refractivity contribution >= 4 is 11.6 Å². The summed E-state index contributed by atoms with van der Waals surface area (Å²) in [6.07, 6.45) is -0.238. The van der Waals surface area contributed by atoms with E-state index in [1.54, 1.807) is 0 Å². The van der Waals surface area contributed by atoms with Gasteiger partial charge in [-0.25, -0.2) is 4.98 Å². The van der Waals surface area contributed by atoms with Gasteiger partial charge in [0.1, 0.15) is 5.82 Å². The third kappa shape index (κ3) is 3.38. The van der Waals surface area contributed by atoms with Crippen LogP contribution in [-0.4, -0.2) is 34.8 Å². The maximum absolute atomic E-state index is 12.5. The van der Waals surface area contributed by atoms with E-state index >= 15 is 0 Å². The van der Waals surface area contributed by atoms with Crippen molar-refractivity contribution in [1.29, 1.82) is 0 Å². The van der Waals surface area contributed by atoms with Gasteiger partial charge in [-0.3, -0.25) is 0 Å². The smallest absolute Gasteiger partial charge is 0.370 e. The third-order valence-electron chi connectivity index (χ3n) is 4.75. The molecule has 2 aliphatic rings. The summed E-state index contributed by atoms with van der Waals surface area (Å²) >= 11 is 0. The van der Waals surface area contributed by atoms with E-state index in [1.807, 2.05) is 0 Å². The quantitative estimate of drug-likeness (QED) is 0.920. The minimum absolute atomic E-state index is 0.416. The highest BCUT2D eigenvalue weighted by molar-refractivity contribution is 5.45. The maximum Gasteiger partial charge on any atom is 0.417 e. The lowest BCUT2D eigenvalue weighted by atomic mass is 10.00. The molecule has 132 valence electrons. The van der Waals surface area contributed by atoms with Crippen LogP contribution in [0.4, 0.5) is 24.8 Å². The average molecular weight is 349 g/mol. The lowest BCUT2D eigenvalue weighted by molar-refractivity contribution is -0.137. The molecule has 1 aliphatic heterocycles. The Balaban J connectivity index is 1.27. The summed E-state index contributed by atoms with van der Waals surface area (Å²) in [7, 11) is 0. The van der Waals surface area contributed by atoms with Crippen LogP contribution >= 0.6 is 0 Å². The number of pyridine rings is 1. The van der Waals surface area contributed by atoms with Crippen LogP contribution in [0.5, 0.6) is 0 Å². The molecule has 25 heavy (non-hydrogen) atoms. The molecule has 0 radical (unpaired) electrons. The van der Waals surface area contributed by atoms with Crippen molar-refractivity contribution < 1.29 is 13.2 Å². The zero-order valence-corrected chi connectivity index (χ0v) is 13.6. The van der Waals surface area contributed by atoms with Crippen LogP contribution in [0.25, 0.3) is 0 Å². The van der Waals surface area contributed by atoms with E-state index in [1.165, 1.54) is 11.6 Å². The Bertz CT molecular complexity index is 754. The highest BCUT2D eigenvalue weighted by atomic mass is 19.4. The van der Waals surface area contributed by atoms with Crippen molar-refractivity contribution in [3.63, 3.8) is 0 Å². The van der Waals surface area contributed by atoms with Gasteiger partial charge in [-0.05, 0) is 43.0 Å². The molecule has 0 spiro atoms. The number of halogens is 3. The van der Waals surface area contributed by atoms with Crippen LogP contribution < -0.4 is 10.2 Å². The molecule has 0 amide bonds. The van der Waals surface area contributed by atoms with E-state index in [0.717, 1.165) is 56.1 Å². The van der Waals surface area contributed by atoms with Crippen molar-refractivity contribution in [2.45, 2.75) is 25.4 Å². The number of hydrogen-bond donors (Lipinski definition) is 1. The van der Waals surface area contributed by atoms with E-state index in [-0.39, 0.29) is 0 Å². The molecule has 4 rings (SSSR count). The summed E-state index contributed by atoms with van der Waals surface area (Å²) in [5, 5.41) is 11.7. The van der Waals surface area contributed by atoms with Gasteiger partial charge in [0, 0.05) is 31.7 Å². The Hall–Kier alpha value is -2.38. The van der Waals surface area contributed by atoms with Gasteiger partial charge in [0.2, 0.25) is 0 Å². The number of anilines is 2. The van der Waals surface area contributed by atoms with Gasteiger partial charge in [-0.1, -0.05) is 0 Å². The van der Waals surface area contributed by atoms with Crippen molar-refractivity contribution in [2.75, 3.05) is 29.9 Å². The Morgan fingerprint density at radius 1 is 1.16 bits per heavy atom. The first-order chi connectivity index (χ1) is 12.0. The fourth-order valence-electron chi connectivity index (χ4n) is 3.27. The van der Waals surface area contributed by atoms with Crippen LogP contribution in [-0.2, 0) is 19.0 Å². The molecule has 1 fully saturated rings. The molecule has 0 bridgehead atoms. The summed E-state index contributed by atoms with van der Waals surface area (Å²) < 4.78 is 37.5. The molecule has 0 atom stereocenters. The van der Waals surface area contributed by atoms with Crippen LogP contribution in [0.2, 0.25) is 0 Å². The third-order valence-corrected chi connectivity index (χ3v) is 4.75. The molecular formula is C17H18F3N5. The highest BCUT2D eigenvalue weighted by Crippen LogP contribution is 2.29. The largest absolute Gasteiger partial charge is 0.417 e. The molecule has 0 saturated carbocycles. The van der Waals surface area contributed by atoms with Crippen molar-refractivity contribution in [1.82, 2.24) is 15.2 Å². The van der Waals surface area contributed by atoms with Gasteiger partial charge in [0.15, 0.2) is 5.82 Å². The molecular weight excluding hydrogens is 331 g/mol. The van der Waals surface area contributed by atoms with Gasteiger partial charge in [0.25, 0.3) is 0 Å². The fraction of sp³-hybridized carbons (Fsp3) is 0.471. The van der Waals surface area contributed by atoms with Crippen LogP contribution in [0.15, 0.2) is 24.4 Å². The number of aromatic nitrogens is 3. The monoisotopic (exact) mass is 349 g/mol. The lowest BCUT2D eigenvalue weighted by Crippen LogP contribution is -2.50. The van der Waals surface area contributed by atoms with Crippen molar-refractivity contribution in [3.8, 4) is 0 Å². The highest BCUT2D eigenvalue weighted by Gasteiger charge is 2.31. The number of aryl methyl sites for hydroxylation is 2. The first-order valence-electron chi connectivity index (χ1n) is 8.36. The first-order valence-corrected chi connectivity index (χ1v) is 8.36. The SMILES string of the molecule is FC(F)(F)c1ccc(NCC2CN(c3cc4c(nn3)CCC4)C2)nc1. The zero-order chi connectivity index (χ0) is 17.4. The van der Waals surface area contributed by atoms with Gasteiger partial charge in [-0.2, -0.15) is 18.3 Å². The van der Waals surface area contributed by atoms with E-state index in [9.17, 15) is 13.2 Å². The van der Waals surface area contributed by atoms with Crippen molar-refractivity contribution in [2.24, 2.45) is 5.92 Å². The first kappa shape index (κ1) is 16.1. The Morgan fingerprint density at radius 2 is 2.00 bits per heavy atom. The molecule has 3 heterocycles. The Morgan fingerprint density at radius 3 is 2.72 bits per heavy atom. The van der Waals surface area contributed by atoms with Gasteiger partial charge in [-0.15, -0.1) is 5.10 Å². The van der Waals surface area contributed by atoms with Gasteiger partial charge >= 0.3 is 6.18 Å². The number of fused-ring (bicyclic) bond motifs is 1. The topological polar surface area (TPSA) is 53.9 Å². The number of nitrogens with zero attached hydrogens (tertiary/aromatic N) is 4. The summed E-state index contributed by atoms with van der Waals surface area (Å²) in [5.74, 6) is 1.80. The summed E-state index contributed by atoms with van der Waals surface area (Å²) in [5.41, 5.74) is 1.69. The fourth-order valence-corrected chi connectivity index (χ4v) is 3.27. The lowest BCUT2D eigenvalue weighted by Gasteiger charge is -2.40. The molecule has 2 aromatic rings. The van der Waals surface area contributed by atoms with E-state index in [4.69, 9.17) is 0 Å². The molecule has 2 aromatic heterocycles. The molecule has 1 N–H and O–H groups in total. The molecule has 1 aliphatic carbocycles. The van der Waals surface area contributed by atoms with Gasteiger partial charge < -0.3 is 10.2 Å². The number of nitrogens with one attached hydrogen (secondary N) is 1. The van der Waals surface area contributed by atoms with Crippen LogP contribution in [0, 0.1) is 5.92 Å². The summed E-state index contributed by atoms with van der Waals surface area (Å²) in [4.78, 5) is 6.00. The second-order valence-corrected chi connectivity index (χ2v) is 6.61. The summed E-state index contributed by atoms with van der Waals surface area (Å²) in [6, 6.07) is 4.55. The summed E-state index contributed by atoms with van der Waals surface area (Å²) in [6.45, 7) is 2.40. The van der Waals surface area contributed by atoms with Crippen LogP contribution in [0.1, 0.15) is 23.2 Å². The van der Waals surface area contributed by atoms with E-state index in [0.29, 0.717) is 18.3 Å². The average Bonchev–Trinajstić information content (AvgIpc) is 3.00. The molecule has 8 heteroatoms. The molecule has 1 saturated heterocycles. The minimum atomic E-state index is -4.35. The Kier molecular flexibility index (Phi) is 3.97. The number of hydrogen-bond acceptors (Lipinski definition) is 5.